The van der Waals surface area contributed by atoms with Gasteiger partial charge in [0.15, 0.2) is 0 Å². The minimum Gasteiger partial charge on any atom is -0.477 e. The second-order valence-corrected chi connectivity index (χ2v) is 6.12. The largest absolute Gasteiger partial charge is 0.477 e. The highest BCUT2D eigenvalue weighted by Crippen LogP contribution is 2.38. The number of nitrogens with zero attached hydrogens (tertiary/aromatic N) is 1. The summed E-state index contributed by atoms with van der Waals surface area (Å²) in [5.41, 5.74) is -0.287. The van der Waals surface area contributed by atoms with Crippen molar-refractivity contribution in [2.45, 2.75) is 0 Å². The first-order valence-corrected chi connectivity index (χ1v) is 6.47. The van der Waals surface area contributed by atoms with Gasteiger partial charge in [0.05, 0.1) is 3.81 Å². The second-order valence-electron chi connectivity index (χ2n) is 2.63. The predicted octanol–water partition coefficient (Wildman–Crippen LogP) is 3.59. The number of rotatable bonds is 2. The average molecular weight is 316 g/mol. The molecule has 0 aromatic carbocycles. The molecular formula is C10H6BrNO2S2. The van der Waals surface area contributed by atoms with E-state index < -0.39 is 5.97 Å². The molecule has 0 spiro atoms. The quantitative estimate of drug-likeness (QED) is 0.623. The fraction of sp³-hybridized carbons (Fsp3) is 0. The van der Waals surface area contributed by atoms with Gasteiger partial charge in [0.1, 0.15) is 11.6 Å². The third kappa shape index (κ3) is 3.93. The van der Waals surface area contributed by atoms with Crippen molar-refractivity contribution in [3.05, 3.63) is 43.3 Å². The van der Waals surface area contributed by atoms with E-state index in [-0.39, 0.29) is 5.57 Å². The molecule has 0 aromatic rings. The van der Waals surface area contributed by atoms with Gasteiger partial charge in [0, 0.05) is 9.81 Å². The molecule has 6 heteroatoms. The summed E-state index contributed by atoms with van der Waals surface area (Å²) >= 11 is 6.04. The molecule has 0 radical (unpaired) electrons. The van der Waals surface area contributed by atoms with E-state index in [1.807, 2.05) is 6.08 Å². The SMILES string of the molecule is C=C1C=C(Br)SC=C(/C=C(\C#N)C(=O)O)S1. The van der Waals surface area contributed by atoms with Crippen molar-refractivity contribution < 1.29 is 9.90 Å². The van der Waals surface area contributed by atoms with Crippen LogP contribution in [0.5, 0.6) is 0 Å². The van der Waals surface area contributed by atoms with E-state index in [0.29, 0.717) is 4.91 Å². The Morgan fingerprint density at radius 3 is 2.94 bits per heavy atom. The molecule has 0 saturated carbocycles. The Kier molecular flexibility index (Phi) is 4.93. The maximum Gasteiger partial charge on any atom is 0.346 e. The van der Waals surface area contributed by atoms with Gasteiger partial charge in [-0.1, -0.05) is 30.1 Å². The van der Waals surface area contributed by atoms with Crippen molar-refractivity contribution in [2.24, 2.45) is 0 Å². The lowest BCUT2D eigenvalue weighted by Crippen LogP contribution is -1.97. The van der Waals surface area contributed by atoms with Crippen LogP contribution in [-0.2, 0) is 4.79 Å². The van der Waals surface area contributed by atoms with Crippen LogP contribution < -0.4 is 0 Å². The first-order valence-electron chi connectivity index (χ1n) is 3.99. The zero-order chi connectivity index (χ0) is 12.1. The molecular weight excluding hydrogens is 310 g/mol. The summed E-state index contributed by atoms with van der Waals surface area (Å²) in [7, 11) is 0. The average Bonchev–Trinajstić information content (AvgIpc) is 2.35. The van der Waals surface area contributed by atoms with Gasteiger partial charge in [-0.2, -0.15) is 5.26 Å². The Balaban J connectivity index is 2.96. The summed E-state index contributed by atoms with van der Waals surface area (Å²) in [6.07, 6.45) is 3.17. The molecule has 0 aromatic heterocycles. The third-order valence-electron chi connectivity index (χ3n) is 1.45. The smallest absolute Gasteiger partial charge is 0.346 e. The fourth-order valence-corrected chi connectivity index (χ4v) is 3.11. The maximum atomic E-state index is 10.7. The minimum absolute atomic E-state index is 0.287. The van der Waals surface area contributed by atoms with E-state index in [2.05, 4.69) is 22.5 Å². The molecule has 0 aliphatic carbocycles. The van der Waals surface area contributed by atoms with Crippen molar-refractivity contribution in [2.75, 3.05) is 0 Å². The van der Waals surface area contributed by atoms with E-state index >= 15 is 0 Å². The van der Waals surface area contributed by atoms with E-state index in [0.717, 1.165) is 8.72 Å². The molecule has 0 amide bonds. The Labute approximate surface area is 110 Å². The standard InChI is InChI=1S/C10H6BrNO2S2/c1-6-2-9(11)15-5-8(16-6)3-7(4-12)10(13)14/h2-3,5H,1H2,(H,13,14)/b7-3+. The van der Waals surface area contributed by atoms with Gasteiger partial charge in [-0.05, 0) is 33.5 Å². The zero-order valence-electron chi connectivity index (χ0n) is 7.94. The van der Waals surface area contributed by atoms with Crippen LogP contribution in [0.25, 0.3) is 0 Å². The lowest BCUT2D eigenvalue weighted by Gasteiger charge is -1.98. The van der Waals surface area contributed by atoms with Gasteiger partial charge in [0.2, 0.25) is 0 Å². The van der Waals surface area contributed by atoms with Crippen LogP contribution in [0.1, 0.15) is 0 Å². The van der Waals surface area contributed by atoms with E-state index in [1.165, 1.54) is 29.6 Å². The monoisotopic (exact) mass is 315 g/mol. The summed E-state index contributed by atoms with van der Waals surface area (Å²) in [6, 6.07) is 1.63. The molecule has 1 N–H and O–H groups in total. The minimum atomic E-state index is -1.23. The second kappa shape index (κ2) is 5.99. The van der Waals surface area contributed by atoms with Crippen LogP contribution in [0.4, 0.5) is 0 Å². The van der Waals surface area contributed by atoms with Crippen molar-refractivity contribution in [1.82, 2.24) is 0 Å². The van der Waals surface area contributed by atoms with E-state index in [4.69, 9.17) is 10.4 Å². The van der Waals surface area contributed by atoms with Crippen LogP contribution in [0.15, 0.2) is 43.3 Å². The molecule has 0 atom stereocenters. The molecule has 1 rings (SSSR count). The number of halogens is 1. The molecule has 0 saturated heterocycles. The normalized spacial score (nSPS) is 17.0. The van der Waals surface area contributed by atoms with Gasteiger partial charge >= 0.3 is 5.97 Å². The molecule has 0 bridgehead atoms. The van der Waals surface area contributed by atoms with Crippen LogP contribution in [0.3, 0.4) is 0 Å². The van der Waals surface area contributed by atoms with Gasteiger partial charge in [-0.25, -0.2) is 4.79 Å². The Morgan fingerprint density at radius 2 is 2.38 bits per heavy atom. The van der Waals surface area contributed by atoms with E-state index in [9.17, 15) is 4.79 Å². The Morgan fingerprint density at radius 1 is 1.69 bits per heavy atom. The summed E-state index contributed by atoms with van der Waals surface area (Å²) in [4.78, 5) is 12.1. The highest BCUT2D eigenvalue weighted by Gasteiger charge is 2.10. The number of aliphatic carboxylic acids is 1. The summed E-state index contributed by atoms with van der Waals surface area (Å²) in [5, 5.41) is 19.1. The number of carboxylic acid groups (broad SMARTS) is 1. The molecule has 1 aliphatic heterocycles. The van der Waals surface area contributed by atoms with Crippen molar-refractivity contribution in [3.63, 3.8) is 0 Å². The molecule has 1 heterocycles. The number of carboxylic acids is 1. The van der Waals surface area contributed by atoms with Crippen LogP contribution in [0.2, 0.25) is 0 Å². The Bertz CT molecular complexity index is 472. The highest BCUT2D eigenvalue weighted by atomic mass is 79.9. The molecule has 0 fully saturated rings. The van der Waals surface area contributed by atoms with Gasteiger partial charge < -0.3 is 5.11 Å². The van der Waals surface area contributed by atoms with Gasteiger partial charge in [0.25, 0.3) is 0 Å². The summed E-state index contributed by atoms with van der Waals surface area (Å²) in [5.74, 6) is -1.23. The maximum absolute atomic E-state index is 10.7. The number of allylic oxidation sites excluding steroid dienone is 2. The lowest BCUT2D eigenvalue weighted by molar-refractivity contribution is -0.132. The number of thioether (sulfide) groups is 2. The zero-order valence-corrected chi connectivity index (χ0v) is 11.2. The van der Waals surface area contributed by atoms with Crippen molar-refractivity contribution in [3.8, 4) is 6.07 Å². The van der Waals surface area contributed by atoms with Crippen LogP contribution in [-0.4, -0.2) is 11.1 Å². The summed E-state index contributed by atoms with van der Waals surface area (Å²) in [6.45, 7) is 3.80. The molecule has 3 nitrogen and oxygen atoms in total. The first-order chi connectivity index (χ1) is 7.52. The molecule has 16 heavy (non-hydrogen) atoms. The molecule has 0 unspecified atom stereocenters. The number of carbonyl (C=O) groups is 1. The number of hydrogen-bond acceptors (Lipinski definition) is 4. The van der Waals surface area contributed by atoms with E-state index in [1.54, 1.807) is 11.5 Å². The first kappa shape index (κ1) is 13.2. The highest BCUT2D eigenvalue weighted by molar-refractivity contribution is 9.14. The number of hydrogen-bond donors (Lipinski definition) is 1. The Hall–Kier alpha value is -0.900. The molecule has 82 valence electrons. The number of nitriles is 1. The predicted molar refractivity (Wildman–Crippen MR) is 70.7 cm³/mol. The van der Waals surface area contributed by atoms with Crippen molar-refractivity contribution in [1.29, 1.82) is 5.26 Å². The van der Waals surface area contributed by atoms with Crippen molar-refractivity contribution >= 4 is 45.4 Å². The van der Waals surface area contributed by atoms with Crippen LogP contribution in [0, 0.1) is 11.3 Å². The topological polar surface area (TPSA) is 61.1 Å². The fourth-order valence-electron chi connectivity index (χ4n) is 0.827. The van der Waals surface area contributed by atoms with Crippen LogP contribution >= 0.6 is 39.5 Å². The summed E-state index contributed by atoms with van der Waals surface area (Å²) < 4.78 is 0.891. The van der Waals surface area contributed by atoms with Gasteiger partial charge in [-0.15, -0.1) is 0 Å². The third-order valence-corrected chi connectivity index (χ3v) is 3.95. The van der Waals surface area contributed by atoms with Gasteiger partial charge in [-0.3, -0.25) is 0 Å². The lowest BCUT2D eigenvalue weighted by atomic mass is 10.3. The molecule has 1 aliphatic rings.